The van der Waals surface area contributed by atoms with Crippen LogP contribution >= 0.6 is 0 Å². The summed E-state index contributed by atoms with van der Waals surface area (Å²) in [6.07, 6.45) is 1.08. The number of nitriles is 5. The van der Waals surface area contributed by atoms with Gasteiger partial charge in [-0.05, 0) is 26.6 Å². The van der Waals surface area contributed by atoms with Gasteiger partial charge in [0.25, 0.3) is 0 Å². The van der Waals surface area contributed by atoms with Crippen molar-refractivity contribution in [1.82, 2.24) is 5.32 Å². The third kappa shape index (κ3) is 4.50. The number of hydrogen-bond acceptors (Lipinski definition) is 7. The summed E-state index contributed by atoms with van der Waals surface area (Å²) in [6, 6.07) is 0. The molecular weight excluding hydrogens is 262 g/mol. The average Bonchev–Trinajstić information content (AvgIpc) is 2.42. The topological polar surface area (TPSA) is 157 Å². The third-order valence-electron chi connectivity index (χ3n) is 1.42. The number of rotatable bonds is 3. The van der Waals surface area contributed by atoms with E-state index in [-0.39, 0.29) is 0 Å². The quantitative estimate of drug-likeness (QED) is 0.525. The van der Waals surface area contributed by atoms with Crippen LogP contribution in [0.2, 0.25) is 0 Å². The second kappa shape index (κ2) is 8.09. The van der Waals surface area contributed by atoms with E-state index < -0.39 is 11.8 Å². The zero-order valence-electron chi connectivity index (χ0n) is 9.29. The first-order valence-electron chi connectivity index (χ1n) is 4.26. The first-order chi connectivity index (χ1) is 8.03. The molecule has 0 saturated heterocycles. The van der Waals surface area contributed by atoms with E-state index >= 15 is 0 Å². The molecule has 0 aliphatic rings. The molecule has 0 aromatic heterocycles. The van der Waals surface area contributed by atoms with Crippen molar-refractivity contribution in [3.8, 4) is 24.8 Å². The first-order valence-corrected chi connectivity index (χ1v) is 7.02. The van der Waals surface area contributed by atoms with Crippen LogP contribution in [0, 0.1) is 51.1 Å². The zero-order valence-corrected chi connectivity index (χ0v) is 10.4. The minimum absolute atomic E-state index is 0.792. The van der Waals surface area contributed by atoms with Gasteiger partial charge in [0.15, 0.2) is 0 Å². The van der Waals surface area contributed by atoms with E-state index in [1.165, 1.54) is 24.8 Å². The van der Waals surface area contributed by atoms with Gasteiger partial charge in [0.05, 0.1) is 0 Å². The molecule has 0 saturated carbocycles. The Kier molecular flexibility index (Phi) is 8.23. The molecule has 17 heavy (non-hydrogen) atoms. The fraction of sp³-hybridized carbons (Fsp3) is 0.444. The van der Waals surface area contributed by atoms with Crippen LogP contribution in [-0.4, -0.2) is 20.1 Å². The summed E-state index contributed by atoms with van der Waals surface area (Å²) in [5.41, 5.74) is 5.17. The maximum absolute atomic E-state index is 8.35. The molecule has 0 heterocycles. The molecule has 7 nitrogen and oxygen atoms in total. The van der Waals surface area contributed by atoms with Crippen molar-refractivity contribution < 1.29 is 11.8 Å². The Bertz CT molecular complexity index is 347. The van der Waals surface area contributed by atoms with Gasteiger partial charge in [-0.1, -0.05) is 0 Å². The summed E-state index contributed by atoms with van der Waals surface area (Å²) in [7, 11) is 1.93. The number of nitrogens with zero attached hydrogens (tertiary/aromatic N) is 5. The van der Waals surface area contributed by atoms with Crippen LogP contribution in [0.25, 0.3) is 0 Å². The molecule has 0 aliphatic carbocycles. The number of hydrogen-bond donors (Lipinski definition) is 2. The maximum atomic E-state index is 8.35. The molecule has 0 aliphatic heterocycles. The van der Waals surface area contributed by atoms with Gasteiger partial charge in [-0.3, -0.25) is 0 Å². The molecule has 0 rings (SSSR count). The summed E-state index contributed by atoms with van der Waals surface area (Å²) in [5, 5.41) is 44.7. The van der Waals surface area contributed by atoms with E-state index in [1.54, 1.807) is 0 Å². The predicted octanol–water partition coefficient (Wildman–Crippen LogP) is -0.364. The van der Waals surface area contributed by atoms with Gasteiger partial charge in [-0.25, -0.2) is 0 Å². The molecule has 0 fully saturated rings. The van der Waals surface area contributed by atoms with E-state index in [0.29, 0.717) is 0 Å². The minimum atomic E-state index is -4.78. The molecule has 0 aromatic rings. The monoisotopic (exact) mass is 274 g/mol. The van der Waals surface area contributed by atoms with Crippen LogP contribution in [0.5, 0.6) is 0 Å². The van der Waals surface area contributed by atoms with E-state index in [2.05, 4.69) is 5.32 Å². The summed E-state index contributed by atoms with van der Waals surface area (Å²) in [5.74, 6) is 0. The number of nitrogens with one attached hydrogen (secondary N) is 1. The Morgan fingerprint density at radius 2 is 1.29 bits per heavy atom. The van der Waals surface area contributed by atoms with Gasteiger partial charge in [-0.2, -0.15) is 0 Å². The number of nitrogens with two attached hydrogens (primary N) is 1. The van der Waals surface area contributed by atoms with Crippen LogP contribution in [0.15, 0.2) is 0 Å². The van der Waals surface area contributed by atoms with E-state index in [4.69, 9.17) is 32.0 Å². The molecule has 0 amide bonds. The molecule has 0 aromatic carbocycles. The normalized spacial score (nSPS) is 10.5. The van der Waals surface area contributed by atoms with Crippen LogP contribution in [0.4, 0.5) is 0 Å². The van der Waals surface area contributed by atoms with Crippen molar-refractivity contribution in [1.29, 1.82) is 26.3 Å². The first kappa shape index (κ1) is 17.3. The standard InChI is InChI=1S/C4H12N2.5CN.Fe/c1-6-4-2-3-5;5*1-2;/h6H,2-5H2,1H3;;;;;;. The molecule has 0 radical (unpaired) electrons. The Balaban J connectivity index is 0. The van der Waals surface area contributed by atoms with Crippen LogP contribution in [-0.2, 0) is 11.8 Å². The second-order valence-corrected chi connectivity index (χ2v) is 6.52. The molecule has 0 atom stereocenters. The predicted molar refractivity (Wildman–Crippen MR) is 55.7 cm³/mol. The average molecular weight is 274 g/mol. The Hall–Kier alpha value is -2.11. The third-order valence-corrected chi connectivity index (χ3v) is 3.89. The van der Waals surface area contributed by atoms with Crippen LogP contribution in [0.1, 0.15) is 6.42 Å². The molecule has 0 spiro atoms. The van der Waals surface area contributed by atoms with Gasteiger partial charge in [0.2, 0.25) is 0 Å². The molecule has 3 N–H and O–H groups in total. The molecule has 0 unspecified atom stereocenters. The fourth-order valence-electron chi connectivity index (χ4n) is 0.456. The molecule has 91 valence electrons. The summed E-state index contributed by atoms with van der Waals surface area (Å²) in [4.78, 5) is 6.12. The van der Waals surface area contributed by atoms with Gasteiger partial charge in [-0.15, -0.1) is 0 Å². The van der Waals surface area contributed by atoms with Crippen LogP contribution < -0.4 is 11.1 Å². The summed E-state index contributed by atoms with van der Waals surface area (Å²) >= 11 is -4.78. The molecule has 8 heteroatoms. The van der Waals surface area contributed by atoms with Gasteiger partial charge in [0, 0.05) is 0 Å². The van der Waals surface area contributed by atoms with Crippen molar-refractivity contribution in [2.75, 3.05) is 20.1 Å². The van der Waals surface area contributed by atoms with Crippen molar-refractivity contribution in [3.63, 3.8) is 0 Å². The molecule has 0 bridgehead atoms. The van der Waals surface area contributed by atoms with Crippen molar-refractivity contribution >= 4 is 0 Å². The zero-order chi connectivity index (χ0) is 13.8. The fourth-order valence-corrected chi connectivity index (χ4v) is 1.01. The Morgan fingerprint density at radius 3 is 1.35 bits per heavy atom. The van der Waals surface area contributed by atoms with E-state index in [0.717, 1.165) is 19.5 Å². The van der Waals surface area contributed by atoms with Gasteiger partial charge < -0.3 is 11.1 Å². The van der Waals surface area contributed by atoms with Crippen molar-refractivity contribution in [3.05, 3.63) is 0 Å². The van der Waals surface area contributed by atoms with Crippen molar-refractivity contribution in [2.45, 2.75) is 6.42 Å². The Labute approximate surface area is 101 Å². The van der Waals surface area contributed by atoms with Crippen LogP contribution in [0.3, 0.4) is 0 Å². The summed E-state index contributed by atoms with van der Waals surface area (Å²) < 4.78 is 0. The molecular formula is C9H12FeN7. The summed E-state index contributed by atoms with van der Waals surface area (Å²) in [6.45, 7) is 1.83. The SMILES string of the molecule is CNCCCN.N#[C][Fe]([C]#N)([C]#N)([C]#N)[C]#N. The second-order valence-electron chi connectivity index (χ2n) is 2.52. The van der Waals surface area contributed by atoms with Gasteiger partial charge >= 0.3 is 62.9 Å². The van der Waals surface area contributed by atoms with Gasteiger partial charge in [0.1, 0.15) is 0 Å². The van der Waals surface area contributed by atoms with Crippen molar-refractivity contribution in [2.24, 2.45) is 5.73 Å². The van der Waals surface area contributed by atoms with E-state index in [9.17, 15) is 0 Å². The Morgan fingerprint density at radius 1 is 0.941 bits per heavy atom. The van der Waals surface area contributed by atoms with E-state index in [1.807, 2.05) is 7.05 Å².